The predicted molar refractivity (Wildman–Crippen MR) is 95.1 cm³/mol. The molecule has 3 atom stereocenters. The monoisotopic (exact) mass is 334 g/mol. The maximum absolute atomic E-state index is 12.4. The van der Waals surface area contributed by atoms with Crippen LogP contribution >= 0.6 is 0 Å². The lowest BCUT2D eigenvalue weighted by molar-refractivity contribution is 0.177. The number of urea groups is 1. The van der Waals surface area contributed by atoms with Crippen molar-refractivity contribution in [2.75, 3.05) is 13.7 Å². The van der Waals surface area contributed by atoms with E-state index in [1.165, 1.54) is 0 Å². The second kappa shape index (κ2) is 7.88. The number of aliphatic hydroxyl groups excluding tert-OH is 1. The van der Waals surface area contributed by atoms with Gasteiger partial charge in [-0.05, 0) is 36.7 Å². The van der Waals surface area contributed by atoms with Gasteiger partial charge >= 0.3 is 6.03 Å². The minimum Gasteiger partial charge on any atom is -0.496 e. The molecule has 1 fully saturated rings. The predicted octanol–water partition coefficient (Wildman–Crippen LogP) is 3.24. The number of rotatable bonds is 5. The fraction of sp³-hybridized carbons (Fsp3) is 0.632. The highest BCUT2D eigenvalue weighted by molar-refractivity contribution is 5.74. The van der Waals surface area contributed by atoms with Crippen molar-refractivity contribution in [3.8, 4) is 5.75 Å². The zero-order valence-electron chi connectivity index (χ0n) is 15.1. The minimum absolute atomic E-state index is 0.157. The van der Waals surface area contributed by atoms with Crippen LogP contribution in [0.5, 0.6) is 5.75 Å². The third kappa shape index (κ3) is 4.87. The van der Waals surface area contributed by atoms with Gasteiger partial charge in [-0.1, -0.05) is 39.0 Å². The van der Waals surface area contributed by atoms with Gasteiger partial charge in [-0.25, -0.2) is 4.79 Å². The van der Waals surface area contributed by atoms with E-state index in [9.17, 15) is 9.90 Å². The van der Waals surface area contributed by atoms with Crippen LogP contribution in [0.25, 0.3) is 0 Å². The van der Waals surface area contributed by atoms with E-state index in [-0.39, 0.29) is 23.6 Å². The van der Waals surface area contributed by atoms with Crippen LogP contribution in [0.1, 0.15) is 51.6 Å². The Labute approximate surface area is 144 Å². The molecule has 0 heterocycles. The van der Waals surface area contributed by atoms with Gasteiger partial charge in [0.25, 0.3) is 0 Å². The Morgan fingerprint density at radius 3 is 2.62 bits per heavy atom. The third-order valence-corrected chi connectivity index (χ3v) is 4.66. The Balaban J connectivity index is 2.02. The van der Waals surface area contributed by atoms with Gasteiger partial charge in [0.1, 0.15) is 5.75 Å². The summed E-state index contributed by atoms with van der Waals surface area (Å²) >= 11 is 0. The Kier molecular flexibility index (Phi) is 6.10. The van der Waals surface area contributed by atoms with Crippen LogP contribution in [0.3, 0.4) is 0 Å². The highest BCUT2D eigenvalue weighted by atomic mass is 16.5. The standard InChI is InChI=1S/C19H30N2O3/c1-19(2,3)17(15-7-5-6-8-16(15)24-4)21-18(23)20-12-13-9-10-14(22)11-13/h5-8,13-14,17,22H,9-12H2,1-4H3,(H2,20,21,23)/t13-,14+,17-/m0/s1. The summed E-state index contributed by atoms with van der Waals surface area (Å²) in [6, 6.07) is 7.43. The summed E-state index contributed by atoms with van der Waals surface area (Å²) in [4.78, 5) is 12.4. The second-order valence-corrected chi connectivity index (χ2v) is 7.73. The molecule has 2 amide bonds. The van der Waals surface area contributed by atoms with E-state index in [1.54, 1.807) is 7.11 Å². The molecule has 1 aliphatic carbocycles. The van der Waals surface area contributed by atoms with Gasteiger partial charge in [-0.2, -0.15) is 0 Å². The van der Waals surface area contributed by atoms with E-state index >= 15 is 0 Å². The fourth-order valence-electron chi connectivity index (χ4n) is 3.32. The molecule has 3 N–H and O–H groups in total. The fourth-order valence-corrected chi connectivity index (χ4v) is 3.32. The summed E-state index contributed by atoms with van der Waals surface area (Å²) in [5.74, 6) is 1.14. The normalized spacial score (nSPS) is 22.0. The first-order chi connectivity index (χ1) is 11.3. The lowest BCUT2D eigenvalue weighted by Gasteiger charge is -2.33. The lowest BCUT2D eigenvalue weighted by Crippen LogP contribution is -2.43. The van der Waals surface area contributed by atoms with Gasteiger partial charge in [-0.3, -0.25) is 0 Å². The molecule has 0 aliphatic heterocycles. The molecule has 0 radical (unpaired) electrons. The van der Waals surface area contributed by atoms with E-state index in [0.717, 1.165) is 30.6 Å². The number of hydrogen-bond donors (Lipinski definition) is 3. The number of carbonyl (C=O) groups excluding carboxylic acids is 1. The van der Waals surface area contributed by atoms with Gasteiger partial charge in [0.2, 0.25) is 0 Å². The van der Waals surface area contributed by atoms with Crippen LogP contribution in [0.15, 0.2) is 24.3 Å². The van der Waals surface area contributed by atoms with Crippen molar-refractivity contribution in [1.82, 2.24) is 10.6 Å². The van der Waals surface area contributed by atoms with Gasteiger partial charge in [0.05, 0.1) is 19.3 Å². The maximum Gasteiger partial charge on any atom is 0.315 e. The van der Waals surface area contributed by atoms with Crippen molar-refractivity contribution < 1.29 is 14.6 Å². The molecule has 1 aromatic rings. The quantitative estimate of drug-likeness (QED) is 0.774. The summed E-state index contributed by atoms with van der Waals surface area (Å²) < 4.78 is 5.46. The third-order valence-electron chi connectivity index (χ3n) is 4.66. The van der Waals surface area contributed by atoms with Gasteiger partial charge < -0.3 is 20.5 Å². The summed E-state index contributed by atoms with van der Waals surface area (Å²) in [5, 5.41) is 15.6. The number of para-hydroxylation sites is 1. The van der Waals surface area contributed by atoms with Crippen LogP contribution in [-0.4, -0.2) is 30.9 Å². The summed E-state index contributed by atoms with van der Waals surface area (Å²) in [6.07, 6.45) is 2.36. The molecule has 2 rings (SSSR count). The Hall–Kier alpha value is -1.75. The molecule has 0 unspecified atom stereocenters. The first-order valence-electron chi connectivity index (χ1n) is 8.66. The Morgan fingerprint density at radius 1 is 1.33 bits per heavy atom. The minimum atomic E-state index is -0.212. The zero-order valence-corrected chi connectivity index (χ0v) is 15.1. The molecule has 0 aromatic heterocycles. The summed E-state index contributed by atoms with van der Waals surface area (Å²) in [7, 11) is 1.64. The first kappa shape index (κ1) is 18.6. The SMILES string of the molecule is COc1ccccc1[C@H](NC(=O)NC[C@H]1CC[C@@H](O)C1)C(C)(C)C. The van der Waals surface area contributed by atoms with Crippen molar-refractivity contribution in [1.29, 1.82) is 0 Å². The number of ether oxygens (including phenoxy) is 1. The Morgan fingerprint density at radius 2 is 2.04 bits per heavy atom. The number of carbonyl (C=O) groups is 1. The van der Waals surface area contributed by atoms with Gasteiger partial charge in [-0.15, -0.1) is 0 Å². The smallest absolute Gasteiger partial charge is 0.315 e. The van der Waals surface area contributed by atoms with Crippen LogP contribution in [0.2, 0.25) is 0 Å². The van der Waals surface area contributed by atoms with E-state index in [1.807, 2.05) is 24.3 Å². The molecule has 1 aliphatic rings. The molecule has 5 heteroatoms. The van der Waals surface area contributed by atoms with Crippen molar-refractivity contribution in [2.45, 2.75) is 52.2 Å². The molecular formula is C19H30N2O3. The average molecular weight is 334 g/mol. The highest BCUT2D eigenvalue weighted by Gasteiger charge is 2.30. The molecule has 1 aromatic carbocycles. The maximum atomic E-state index is 12.4. The van der Waals surface area contributed by atoms with Crippen molar-refractivity contribution in [2.24, 2.45) is 11.3 Å². The zero-order chi connectivity index (χ0) is 17.7. The number of aliphatic hydroxyl groups is 1. The molecule has 0 saturated heterocycles. The summed E-state index contributed by atoms with van der Waals surface area (Å²) in [6.45, 7) is 6.89. The van der Waals surface area contributed by atoms with Gasteiger partial charge in [0.15, 0.2) is 0 Å². The van der Waals surface area contributed by atoms with Crippen LogP contribution in [0, 0.1) is 11.3 Å². The largest absolute Gasteiger partial charge is 0.496 e. The number of benzene rings is 1. The van der Waals surface area contributed by atoms with Gasteiger partial charge in [0, 0.05) is 12.1 Å². The molecule has 5 nitrogen and oxygen atoms in total. The number of nitrogens with one attached hydrogen (secondary N) is 2. The second-order valence-electron chi connectivity index (χ2n) is 7.73. The van der Waals surface area contributed by atoms with Crippen molar-refractivity contribution >= 4 is 6.03 Å². The van der Waals surface area contributed by atoms with E-state index in [0.29, 0.717) is 12.5 Å². The van der Waals surface area contributed by atoms with E-state index in [2.05, 4.69) is 31.4 Å². The topological polar surface area (TPSA) is 70.6 Å². The van der Waals surface area contributed by atoms with Crippen molar-refractivity contribution in [3.05, 3.63) is 29.8 Å². The summed E-state index contributed by atoms with van der Waals surface area (Å²) in [5.41, 5.74) is 0.814. The molecule has 0 spiro atoms. The molecule has 134 valence electrons. The average Bonchev–Trinajstić information content (AvgIpc) is 2.95. The Bertz CT molecular complexity index is 554. The molecular weight excluding hydrogens is 304 g/mol. The molecule has 0 bridgehead atoms. The number of amides is 2. The number of methoxy groups -OCH3 is 1. The molecule has 24 heavy (non-hydrogen) atoms. The van der Waals surface area contributed by atoms with Crippen LogP contribution < -0.4 is 15.4 Å². The van der Waals surface area contributed by atoms with Crippen LogP contribution in [-0.2, 0) is 0 Å². The van der Waals surface area contributed by atoms with Crippen molar-refractivity contribution in [3.63, 3.8) is 0 Å². The molecule has 1 saturated carbocycles. The van der Waals surface area contributed by atoms with E-state index < -0.39 is 0 Å². The lowest BCUT2D eigenvalue weighted by atomic mass is 9.82. The van der Waals surface area contributed by atoms with E-state index in [4.69, 9.17) is 4.74 Å². The number of hydrogen-bond acceptors (Lipinski definition) is 3. The highest BCUT2D eigenvalue weighted by Crippen LogP contribution is 2.37. The van der Waals surface area contributed by atoms with Crippen LogP contribution in [0.4, 0.5) is 4.79 Å². The first-order valence-corrected chi connectivity index (χ1v) is 8.66.